The molecule has 0 bridgehead atoms. The van der Waals surface area contributed by atoms with E-state index in [9.17, 15) is 14.4 Å². The highest BCUT2D eigenvalue weighted by Gasteiger charge is 2.42. The lowest BCUT2D eigenvalue weighted by Crippen LogP contribution is -2.36. The zero-order chi connectivity index (χ0) is 23.8. The van der Waals surface area contributed by atoms with Gasteiger partial charge in [-0.15, -0.1) is 0 Å². The fourth-order valence-corrected chi connectivity index (χ4v) is 5.63. The van der Waals surface area contributed by atoms with Crippen LogP contribution in [0.25, 0.3) is 0 Å². The van der Waals surface area contributed by atoms with Gasteiger partial charge in [0.2, 0.25) is 5.91 Å². The number of hydrogen-bond acceptors (Lipinski definition) is 8. The third-order valence-corrected chi connectivity index (χ3v) is 7.36. The molecule has 3 atom stereocenters. The van der Waals surface area contributed by atoms with E-state index in [1.807, 2.05) is 11.8 Å². The summed E-state index contributed by atoms with van der Waals surface area (Å²) < 4.78 is 18.0. The molecule has 2 fully saturated rings. The summed E-state index contributed by atoms with van der Waals surface area (Å²) in [6.07, 6.45) is 2.43. The molecular formula is C21H30N4O6S2. The van der Waals surface area contributed by atoms with Gasteiger partial charge < -0.3 is 30.2 Å². The topological polar surface area (TPSA) is 127 Å². The fraction of sp³-hybridized carbons (Fsp3) is 0.571. The van der Waals surface area contributed by atoms with Gasteiger partial charge in [0.05, 0.1) is 38.4 Å². The second-order valence-electron chi connectivity index (χ2n) is 7.81. The summed E-state index contributed by atoms with van der Waals surface area (Å²) in [5.41, 5.74) is 1.38. The highest BCUT2D eigenvalue weighted by Crippen LogP contribution is 2.33. The van der Waals surface area contributed by atoms with E-state index >= 15 is 0 Å². The molecule has 10 nitrogen and oxygen atoms in total. The van der Waals surface area contributed by atoms with Gasteiger partial charge in [0.25, 0.3) is 0 Å². The molecule has 4 amide bonds. The van der Waals surface area contributed by atoms with Crippen molar-refractivity contribution < 1.29 is 28.6 Å². The minimum absolute atomic E-state index is 0.0202. The number of carbonyl (C=O) groups excluding carboxylic acids is 3. The predicted molar refractivity (Wildman–Crippen MR) is 128 cm³/mol. The summed E-state index contributed by atoms with van der Waals surface area (Å²) >= 11 is 5.52. The lowest BCUT2D eigenvalue weighted by Gasteiger charge is -2.17. The first kappa shape index (κ1) is 25.2. The van der Waals surface area contributed by atoms with Gasteiger partial charge >= 0.3 is 12.1 Å². The maximum Gasteiger partial charge on any atom is 0.417 e. The van der Waals surface area contributed by atoms with Crippen LogP contribution >= 0.6 is 24.6 Å². The second-order valence-corrected chi connectivity index (χ2v) is 9.31. The first-order chi connectivity index (χ1) is 15.9. The molecule has 2 heterocycles. The number of urea groups is 1. The molecule has 4 N–H and O–H groups in total. The number of benzene rings is 1. The Morgan fingerprint density at radius 2 is 1.91 bits per heavy atom. The Morgan fingerprint density at radius 1 is 1.18 bits per heavy atom. The molecule has 2 saturated heterocycles. The van der Waals surface area contributed by atoms with Crippen molar-refractivity contribution in [3.8, 4) is 11.5 Å². The highest BCUT2D eigenvalue weighted by atomic mass is 32.2. The third-order valence-electron chi connectivity index (χ3n) is 5.67. The van der Waals surface area contributed by atoms with Gasteiger partial charge in [-0.2, -0.15) is 11.8 Å². The number of rotatable bonds is 11. The number of thiol groups is 1. The number of nitrogens with one attached hydrogen (secondary N) is 4. The minimum Gasteiger partial charge on any atom is -0.496 e. The van der Waals surface area contributed by atoms with Gasteiger partial charge in [-0.05, 0) is 30.5 Å². The van der Waals surface area contributed by atoms with Crippen molar-refractivity contribution in [1.29, 1.82) is 0 Å². The molecule has 3 rings (SSSR count). The third kappa shape index (κ3) is 6.76. The van der Waals surface area contributed by atoms with Gasteiger partial charge in [0.1, 0.15) is 18.1 Å². The van der Waals surface area contributed by atoms with Crippen LogP contribution in [-0.4, -0.2) is 55.3 Å². The van der Waals surface area contributed by atoms with Crippen molar-refractivity contribution in [1.82, 2.24) is 20.7 Å². The van der Waals surface area contributed by atoms with Crippen LogP contribution in [0.2, 0.25) is 0 Å². The SMILES string of the molecule is COc1cc(COC(=O)NS)cc(OC)c1CNC(=O)CCCCC1SCC2NC(=O)NC21. The number of unbranched alkanes of at least 4 members (excludes halogenated alkanes) is 1. The molecular weight excluding hydrogens is 468 g/mol. The maximum absolute atomic E-state index is 12.4. The van der Waals surface area contributed by atoms with Crippen molar-refractivity contribution >= 4 is 42.6 Å². The molecule has 0 aromatic heterocycles. The van der Waals surface area contributed by atoms with E-state index in [0.717, 1.165) is 25.0 Å². The summed E-state index contributed by atoms with van der Waals surface area (Å²) in [5.74, 6) is 1.94. The van der Waals surface area contributed by atoms with Gasteiger partial charge in [0.15, 0.2) is 0 Å². The zero-order valence-electron chi connectivity index (χ0n) is 18.6. The molecule has 0 aliphatic carbocycles. The Balaban J connectivity index is 1.45. The monoisotopic (exact) mass is 498 g/mol. The summed E-state index contributed by atoms with van der Waals surface area (Å²) in [6.45, 7) is 0.274. The first-order valence-electron chi connectivity index (χ1n) is 10.7. The fourth-order valence-electron chi connectivity index (χ4n) is 4.03. The molecule has 0 saturated carbocycles. The Kier molecular flexibility index (Phi) is 9.24. The average Bonchev–Trinajstić information content (AvgIpc) is 3.37. The summed E-state index contributed by atoms with van der Waals surface area (Å²) in [6, 6.07) is 3.80. The van der Waals surface area contributed by atoms with E-state index in [1.54, 1.807) is 12.1 Å². The van der Waals surface area contributed by atoms with Gasteiger partial charge in [-0.1, -0.05) is 19.2 Å². The maximum atomic E-state index is 12.4. The van der Waals surface area contributed by atoms with Crippen LogP contribution < -0.4 is 30.1 Å². The van der Waals surface area contributed by atoms with Crippen molar-refractivity contribution in [2.45, 2.75) is 56.2 Å². The number of fused-ring (bicyclic) bond motifs is 1. The molecule has 0 spiro atoms. The van der Waals surface area contributed by atoms with Crippen LogP contribution in [0.15, 0.2) is 12.1 Å². The minimum atomic E-state index is -0.663. The summed E-state index contributed by atoms with van der Waals surface area (Å²) in [7, 11) is 3.05. The number of amides is 4. The van der Waals surface area contributed by atoms with E-state index in [-0.39, 0.29) is 37.2 Å². The van der Waals surface area contributed by atoms with E-state index in [2.05, 4.69) is 33.5 Å². The lowest BCUT2D eigenvalue weighted by atomic mass is 10.0. The molecule has 182 valence electrons. The number of hydrogen-bond donors (Lipinski definition) is 5. The van der Waals surface area contributed by atoms with Crippen molar-refractivity contribution in [2.24, 2.45) is 0 Å². The lowest BCUT2D eigenvalue weighted by molar-refractivity contribution is -0.121. The number of ether oxygens (including phenoxy) is 3. The highest BCUT2D eigenvalue weighted by molar-refractivity contribution is 8.00. The quantitative estimate of drug-likeness (QED) is 0.180. The first-order valence-corrected chi connectivity index (χ1v) is 12.2. The van der Waals surface area contributed by atoms with Gasteiger partial charge in [0, 0.05) is 17.4 Å². The largest absolute Gasteiger partial charge is 0.496 e. The van der Waals surface area contributed by atoms with E-state index in [0.29, 0.717) is 34.3 Å². The van der Waals surface area contributed by atoms with E-state index in [4.69, 9.17) is 14.2 Å². The van der Waals surface area contributed by atoms with Gasteiger partial charge in [-0.3, -0.25) is 9.52 Å². The van der Waals surface area contributed by atoms with Crippen molar-refractivity contribution in [3.05, 3.63) is 23.3 Å². The number of methoxy groups -OCH3 is 2. The van der Waals surface area contributed by atoms with E-state index < -0.39 is 6.09 Å². The molecule has 1 aromatic rings. The Bertz CT molecular complexity index is 846. The smallest absolute Gasteiger partial charge is 0.417 e. The van der Waals surface area contributed by atoms with Crippen molar-refractivity contribution in [2.75, 3.05) is 20.0 Å². The molecule has 2 aliphatic rings. The standard InChI is InChI=1S/C21H30N4O6S2/c1-29-15-7-12(10-31-21(28)25-32)8-16(30-2)13(15)9-22-18(26)6-4-3-5-17-19-14(11-33-17)23-20(27)24-19/h7-8,14,17,19,32H,3-6,9-11H2,1-2H3,(H,22,26)(H,25,28)(H2,23,24,27). The number of carbonyl (C=O) groups is 3. The van der Waals surface area contributed by atoms with Crippen LogP contribution in [0.4, 0.5) is 9.59 Å². The Hall–Kier alpha value is -2.47. The van der Waals surface area contributed by atoms with Crippen LogP contribution in [0, 0.1) is 0 Å². The average molecular weight is 499 g/mol. The Labute approximate surface area is 202 Å². The Morgan fingerprint density at radius 3 is 2.58 bits per heavy atom. The summed E-state index contributed by atoms with van der Waals surface area (Å²) in [4.78, 5) is 35.1. The molecule has 12 heteroatoms. The molecule has 2 aliphatic heterocycles. The van der Waals surface area contributed by atoms with Crippen LogP contribution in [0.3, 0.4) is 0 Å². The molecule has 1 aromatic carbocycles. The van der Waals surface area contributed by atoms with Gasteiger partial charge in [-0.25, -0.2) is 9.59 Å². The van der Waals surface area contributed by atoms with Crippen molar-refractivity contribution in [3.63, 3.8) is 0 Å². The molecule has 3 unspecified atom stereocenters. The van der Waals surface area contributed by atoms with Crippen LogP contribution in [0.5, 0.6) is 11.5 Å². The normalized spacial score (nSPS) is 20.9. The second kappa shape index (κ2) is 12.1. The molecule has 33 heavy (non-hydrogen) atoms. The molecule has 0 radical (unpaired) electrons. The predicted octanol–water partition coefficient (Wildman–Crippen LogP) is 2.12. The number of thioether (sulfide) groups is 1. The van der Waals surface area contributed by atoms with Crippen LogP contribution in [0.1, 0.15) is 36.8 Å². The zero-order valence-corrected chi connectivity index (χ0v) is 20.4. The van der Waals surface area contributed by atoms with E-state index in [1.165, 1.54) is 14.2 Å². The van der Waals surface area contributed by atoms with Crippen LogP contribution in [-0.2, 0) is 22.7 Å². The summed E-state index contributed by atoms with van der Waals surface area (Å²) in [5, 5.41) is 9.25.